The van der Waals surface area contributed by atoms with Gasteiger partial charge in [-0.05, 0) is 53.6 Å². The van der Waals surface area contributed by atoms with Gasteiger partial charge < -0.3 is 20.8 Å². The number of hydrazone groups is 1. The number of aromatic nitrogens is 2. The van der Waals surface area contributed by atoms with E-state index in [2.05, 4.69) is 36.1 Å². The van der Waals surface area contributed by atoms with E-state index in [-0.39, 0.29) is 12.4 Å². The highest BCUT2D eigenvalue weighted by Crippen LogP contribution is 2.31. The van der Waals surface area contributed by atoms with Crippen LogP contribution < -0.4 is 20.8 Å². The van der Waals surface area contributed by atoms with Crippen LogP contribution in [0.2, 0.25) is 5.02 Å². The number of fused-ring (bicyclic) bond motifs is 1. The van der Waals surface area contributed by atoms with Gasteiger partial charge in [0, 0.05) is 17.6 Å². The van der Waals surface area contributed by atoms with Crippen molar-refractivity contribution < 1.29 is 9.13 Å². The molecule has 4 aromatic rings. The van der Waals surface area contributed by atoms with Crippen molar-refractivity contribution in [2.75, 3.05) is 25.0 Å². The van der Waals surface area contributed by atoms with Crippen molar-refractivity contribution in [1.29, 1.82) is 0 Å². The molecule has 1 aliphatic heterocycles. The van der Waals surface area contributed by atoms with E-state index < -0.39 is 0 Å². The van der Waals surface area contributed by atoms with E-state index in [9.17, 15) is 4.39 Å². The summed E-state index contributed by atoms with van der Waals surface area (Å²) in [4.78, 5) is 13.1. The molecule has 0 saturated heterocycles. The fraction of sp³-hybridized carbons (Fsp3) is 0.154. The Hall–Kier alpha value is -4.24. The summed E-state index contributed by atoms with van der Waals surface area (Å²) in [5.74, 6) is 1.75. The molecular formula is C26H23ClFN7O. The van der Waals surface area contributed by atoms with Gasteiger partial charge in [0.25, 0.3) is 0 Å². The molecule has 0 saturated carbocycles. The van der Waals surface area contributed by atoms with Crippen LogP contribution in [0, 0.1) is 5.82 Å². The fourth-order valence-corrected chi connectivity index (χ4v) is 3.92. The molecule has 2 heterocycles. The van der Waals surface area contributed by atoms with Crippen LogP contribution in [0.3, 0.4) is 0 Å². The maximum Gasteiger partial charge on any atom is 0.141 e. The lowest BCUT2D eigenvalue weighted by molar-refractivity contribution is 0.306. The van der Waals surface area contributed by atoms with Gasteiger partial charge >= 0.3 is 0 Å². The third-order valence-electron chi connectivity index (χ3n) is 5.43. The van der Waals surface area contributed by atoms with Crippen LogP contribution in [-0.4, -0.2) is 41.7 Å². The highest BCUT2D eigenvalue weighted by atomic mass is 35.5. The predicted molar refractivity (Wildman–Crippen MR) is 141 cm³/mol. The second kappa shape index (κ2) is 11.0. The zero-order valence-corrected chi connectivity index (χ0v) is 20.0. The molecule has 0 amide bonds. The second-order valence-corrected chi connectivity index (χ2v) is 8.44. The predicted octanol–water partition coefficient (Wildman–Crippen LogP) is 4.67. The molecule has 182 valence electrons. The van der Waals surface area contributed by atoms with Crippen LogP contribution in [0.1, 0.15) is 11.1 Å². The van der Waals surface area contributed by atoms with Gasteiger partial charge in [-0.25, -0.2) is 14.4 Å². The minimum absolute atomic E-state index is 0.213. The van der Waals surface area contributed by atoms with Gasteiger partial charge in [0.1, 0.15) is 36.2 Å². The molecule has 0 atom stereocenters. The SMILES string of the molecule is Fc1cccc(COc2ccc(Nc3ncnc4ccc(/C=N/NCC5=NCCN5)cc34)cc2Cl)c1. The topological polar surface area (TPSA) is 95.8 Å². The molecule has 36 heavy (non-hydrogen) atoms. The normalized spacial score (nSPS) is 13.0. The van der Waals surface area contributed by atoms with Crippen LogP contribution >= 0.6 is 11.6 Å². The molecule has 0 aliphatic carbocycles. The van der Waals surface area contributed by atoms with Crippen molar-refractivity contribution >= 4 is 46.1 Å². The summed E-state index contributed by atoms with van der Waals surface area (Å²) in [5, 5.41) is 12.0. The standard InChI is InChI=1S/C26H23ClFN7O/c27-22-12-20(5-7-24(22)36-15-18-2-1-3-19(28)10-18)35-26-21-11-17(4-6-23(21)31-16-32-26)13-33-34-14-25-29-8-9-30-25/h1-7,10-13,16,34H,8-9,14-15H2,(H,29,30)(H,31,32,35)/b33-13+. The molecule has 10 heteroatoms. The Balaban J connectivity index is 1.27. The molecule has 0 radical (unpaired) electrons. The first kappa shape index (κ1) is 23.5. The van der Waals surface area contributed by atoms with Gasteiger partial charge in [-0.2, -0.15) is 5.10 Å². The van der Waals surface area contributed by atoms with E-state index in [0.717, 1.165) is 46.6 Å². The maximum absolute atomic E-state index is 13.4. The number of hydrogen-bond donors (Lipinski definition) is 3. The fourth-order valence-electron chi connectivity index (χ4n) is 3.68. The van der Waals surface area contributed by atoms with Crippen LogP contribution in [0.15, 0.2) is 77.1 Å². The average Bonchev–Trinajstić information content (AvgIpc) is 3.40. The first-order valence-corrected chi connectivity index (χ1v) is 11.7. The van der Waals surface area contributed by atoms with Gasteiger partial charge in [0.15, 0.2) is 0 Å². The van der Waals surface area contributed by atoms with Gasteiger partial charge in [-0.15, -0.1) is 0 Å². The number of benzene rings is 3. The molecule has 0 spiro atoms. The van der Waals surface area contributed by atoms with Crippen LogP contribution in [0.5, 0.6) is 5.75 Å². The van der Waals surface area contributed by atoms with Gasteiger partial charge in [-0.1, -0.05) is 29.8 Å². The van der Waals surface area contributed by atoms with Crippen LogP contribution in [-0.2, 0) is 6.61 Å². The molecule has 0 bridgehead atoms. The molecule has 5 rings (SSSR count). The van der Waals surface area contributed by atoms with Crippen molar-refractivity contribution in [2.45, 2.75) is 6.61 Å². The zero-order valence-electron chi connectivity index (χ0n) is 19.2. The van der Waals surface area contributed by atoms with E-state index in [1.165, 1.54) is 18.5 Å². The molecular weight excluding hydrogens is 481 g/mol. The number of anilines is 2. The summed E-state index contributed by atoms with van der Waals surface area (Å²) < 4.78 is 19.2. The summed E-state index contributed by atoms with van der Waals surface area (Å²) in [6.45, 7) is 2.45. The summed E-state index contributed by atoms with van der Waals surface area (Å²) in [6, 6.07) is 17.5. The second-order valence-electron chi connectivity index (χ2n) is 8.04. The average molecular weight is 504 g/mol. The lowest BCUT2D eigenvalue weighted by atomic mass is 10.1. The van der Waals surface area contributed by atoms with Crippen molar-refractivity contribution in [3.8, 4) is 5.75 Å². The maximum atomic E-state index is 13.4. The Kier molecular flexibility index (Phi) is 7.18. The minimum atomic E-state index is -0.305. The third-order valence-corrected chi connectivity index (χ3v) is 5.73. The molecule has 1 aromatic heterocycles. The van der Waals surface area contributed by atoms with E-state index in [4.69, 9.17) is 16.3 Å². The first-order chi connectivity index (χ1) is 17.6. The lowest BCUT2D eigenvalue weighted by Crippen LogP contribution is -2.28. The van der Waals surface area contributed by atoms with Gasteiger partial charge in [0.2, 0.25) is 0 Å². The van der Waals surface area contributed by atoms with Crippen LogP contribution in [0.25, 0.3) is 10.9 Å². The number of nitrogens with one attached hydrogen (secondary N) is 3. The van der Waals surface area contributed by atoms with Crippen molar-refractivity contribution in [3.63, 3.8) is 0 Å². The molecule has 8 nitrogen and oxygen atoms in total. The Bertz CT molecular complexity index is 1440. The Labute approximate surface area is 212 Å². The van der Waals surface area contributed by atoms with E-state index in [1.807, 2.05) is 24.3 Å². The Morgan fingerprint density at radius 3 is 2.89 bits per heavy atom. The number of hydrogen-bond acceptors (Lipinski definition) is 8. The number of nitrogens with zero attached hydrogens (tertiary/aromatic N) is 4. The minimum Gasteiger partial charge on any atom is -0.487 e. The first-order valence-electron chi connectivity index (χ1n) is 11.4. The summed E-state index contributed by atoms with van der Waals surface area (Å²) >= 11 is 6.45. The molecule has 0 fully saturated rings. The van der Waals surface area contributed by atoms with Gasteiger partial charge in [-0.3, -0.25) is 4.99 Å². The highest BCUT2D eigenvalue weighted by Gasteiger charge is 2.09. The van der Waals surface area contributed by atoms with E-state index >= 15 is 0 Å². The monoisotopic (exact) mass is 503 g/mol. The Morgan fingerprint density at radius 1 is 1.11 bits per heavy atom. The summed E-state index contributed by atoms with van der Waals surface area (Å²) in [7, 11) is 0. The number of ether oxygens (including phenoxy) is 1. The van der Waals surface area contributed by atoms with Crippen molar-refractivity contribution in [3.05, 3.63) is 89.0 Å². The highest BCUT2D eigenvalue weighted by molar-refractivity contribution is 6.32. The quantitative estimate of drug-likeness (QED) is 0.227. The van der Waals surface area contributed by atoms with Crippen LogP contribution in [0.4, 0.5) is 15.9 Å². The smallest absolute Gasteiger partial charge is 0.141 e. The molecule has 3 N–H and O–H groups in total. The summed E-state index contributed by atoms with van der Waals surface area (Å²) in [6.07, 6.45) is 3.25. The zero-order chi connectivity index (χ0) is 24.7. The molecule has 1 aliphatic rings. The number of halogens is 2. The molecule has 3 aromatic carbocycles. The van der Waals surface area contributed by atoms with Gasteiger partial charge in [0.05, 0.1) is 29.8 Å². The number of amidine groups is 1. The lowest BCUT2D eigenvalue weighted by Gasteiger charge is -2.12. The van der Waals surface area contributed by atoms with E-state index in [1.54, 1.807) is 30.5 Å². The van der Waals surface area contributed by atoms with Crippen molar-refractivity contribution in [1.82, 2.24) is 20.7 Å². The number of rotatable bonds is 9. The summed E-state index contributed by atoms with van der Waals surface area (Å²) in [5.41, 5.74) is 6.15. The third kappa shape index (κ3) is 5.87. The number of aliphatic imine (C=N–C) groups is 1. The largest absolute Gasteiger partial charge is 0.487 e. The molecule has 0 unspecified atom stereocenters. The van der Waals surface area contributed by atoms with E-state index in [0.29, 0.717) is 23.1 Å². The van der Waals surface area contributed by atoms with Crippen molar-refractivity contribution in [2.24, 2.45) is 10.1 Å². The Morgan fingerprint density at radius 2 is 2.06 bits per heavy atom.